The van der Waals surface area contributed by atoms with Crippen molar-refractivity contribution in [1.29, 1.82) is 0 Å². The Hall–Kier alpha value is 0.414. The summed E-state index contributed by atoms with van der Waals surface area (Å²) in [5, 5.41) is 0. The third-order valence-electron chi connectivity index (χ3n) is 2.38. The molecule has 0 aliphatic carbocycles. The monoisotopic (exact) mass is 495 g/mol. The van der Waals surface area contributed by atoms with Gasteiger partial charge in [-0.05, 0) is 14.1 Å². The molecule has 2 rings (SSSR count). The third kappa shape index (κ3) is 3.11. The maximum Gasteiger partial charge on any atom is 0.207 e. The van der Waals surface area contributed by atoms with Gasteiger partial charge in [-0.2, -0.15) is 12.1 Å². The molecule has 0 saturated carbocycles. The van der Waals surface area contributed by atoms with Gasteiger partial charge in [0.2, 0.25) is 5.56 Å². The minimum Gasteiger partial charge on any atom is -0.344 e. The van der Waals surface area contributed by atoms with Gasteiger partial charge in [-0.25, -0.2) is 4.39 Å². The summed E-state index contributed by atoms with van der Waals surface area (Å²) in [5.41, 5.74) is 0.624. The minimum absolute atomic E-state index is 0. The third-order valence-corrected chi connectivity index (χ3v) is 3.81. The van der Waals surface area contributed by atoms with E-state index in [1.807, 2.05) is 22.6 Å². The molecule has 1 heterocycles. The van der Waals surface area contributed by atoms with E-state index in [1.165, 1.54) is 10.6 Å². The fraction of sp³-hybridized carbons (Fsp3) is 0.0833. The number of rotatable bonds is 1. The molecule has 0 N–H and O–H groups in total. The zero-order valence-corrected chi connectivity index (χ0v) is 16.0. The molecule has 0 atom stereocenters. The van der Waals surface area contributed by atoms with Gasteiger partial charge in [0.05, 0.1) is 5.82 Å². The summed E-state index contributed by atoms with van der Waals surface area (Å²) in [6, 6.07) is 9.19. The van der Waals surface area contributed by atoms with E-state index in [-0.39, 0.29) is 44.1 Å². The van der Waals surface area contributed by atoms with Gasteiger partial charge < -0.3 is 4.57 Å². The molecular weight excluding hydrogens is 489 g/mol. The normalized spacial score (nSPS) is 10.0. The first kappa shape index (κ1) is 16.5. The molecule has 0 fully saturated rings. The summed E-state index contributed by atoms with van der Waals surface area (Å²) in [7, 11) is 1.61. The van der Waals surface area contributed by atoms with Crippen LogP contribution in [-0.2, 0) is 39.8 Å². The average molecular weight is 496 g/mol. The summed E-state index contributed by atoms with van der Waals surface area (Å²) in [4.78, 5) is 11.8. The first-order valence-electron chi connectivity index (χ1n) is 4.74. The van der Waals surface area contributed by atoms with Gasteiger partial charge in [-0.1, -0.05) is 39.3 Å². The smallest absolute Gasteiger partial charge is 0.207 e. The molecule has 0 spiro atoms. The summed E-state index contributed by atoms with van der Waals surface area (Å²) in [5.74, 6) is -0.383. The van der Waals surface area contributed by atoms with Crippen molar-refractivity contribution in [1.82, 2.24) is 4.57 Å². The van der Waals surface area contributed by atoms with Crippen LogP contribution in [-0.4, -0.2) is 4.57 Å². The Morgan fingerprint density at radius 1 is 1.44 bits per heavy atom. The quantitative estimate of drug-likeness (QED) is 0.439. The molecule has 2 aromatic rings. The Morgan fingerprint density at radius 2 is 2.11 bits per heavy atom. The Balaban J connectivity index is 0.00000162. The van der Waals surface area contributed by atoms with Crippen LogP contribution in [0.5, 0.6) is 0 Å². The maximum atomic E-state index is 13.8. The SMILES string of the molecule is Cn1c(-c2c(F)cccc2Br)[c-]cc(I)c1=O.[Y]. The molecule has 6 heteroatoms. The molecule has 2 nitrogen and oxygen atoms in total. The summed E-state index contributed by atoms with van der Waals surface area (Å²) >= 11 is 5.22. The van der Waals surface area contributed by atoms with Crippen molar-refractivity contribution in [3.63, 3.8) is 0 Å². The van der Waals surface area contributed by atoms with E-state index in [1.54, 1.807) is 25.2 Å². The van der Waals surface area contributed by atoms with Crippen LogP contribution in [0.2, 0.25) is 0 Å². The number of aromatic nitrogens is 1. The minimum atomic E-state index is -0.383. The summed E-state index contributed by atoms with van der Waals surface area (Å²) in [6.45, 7) is 0. The zero-order chi connectivity index (χ0) is 12.6. The molecule has 91 valence electrons. The standard InChI is InChI=1S/C12H7BrFINO.Y/c1-16-10(6-5-9(15)12(16)17)11-7(13)3-2-4-8(11)14;/h2-5H,1H3;/q-1;. The zero-order valence-electron chi connectivity index (χ0n) is 9.38. The van der Waals surface area contributed by atoms with E-state index in [0.29, 0.717) is 19.3 Å². The van der Waals surface area contributed by atoms with E-state index in [2.05, 4.69) is 22.0 Å². The van der Waals surface area contributed by atoms with Crippen molar-refractivity contribution in [2.45, 2.75) is 0 Å². The Labute approximate surface area is 151 Å². The van der Waals surface area contributed by atoms with E-state index in [9.17, 15) is 9.18 Å². The maximum absolute atomic E-state index is 13.8. The molecule has 0 bridgehead atoms. The number of hydrogen-bond acceptors (Lipinski definition) is 1. The van der Waals surface area contributed by atoms with Crippen LogP contribution >= 0.6 is 38.5 Å². The van der Waals surface area contributed by atoms with Crippen LogP contribution < -0.4 is 5.56 Å². The first-order valence-corrected chi connectivity index (χ1v) is 6.61. The molecule has 0 unspecified atom stereocenters. The van der Waals surface area contributed by atoms with Gasteiger partial charge in [0.1, 0.15) is 0 Å². The molecule has 0 saturated heterocycles. The Morgan fingerprint density at radius 3 is 2.72 bits per heavy atom. The van der Waals surface area contributed by atoms with E-state index in [4.69, 9.17) is 0 Å². The molecule has 0 aliphatic heterocycles. The molecule has 1 aromatic carbocycles. The van der Waals surface area contributed by atoms with Crippen molar-refractivity contribution in [3.8, 4) is 11.3 Å². The van der Waals surface area contributed by atoms with E-state index < -0.39 is 0 Å². The van der Waals surface area contributed by atoms with Gasteiger partial charge in [0.15, 0.2) is 0 Å². The van der Waals surface area contributed by atoms with Gasteiger partial charge in [0, 0.05) is 39.8 Å². The van der Waals surface area contributed by atoms with Crippen molar-refractivity contribution < 1.29 is 37.1 Å². The second kappa shape index (κ2) is 6.72. The fourth-order valence-electron chi connectivity index (χ4n) is 1.52. The second-order valence-corrected chi connectivity index (χ2v) is 5.46. The molecule has 0 amide bonds. The van der Waals surface area contributed by atoms with Crippen LogP contribution in [0.15, 0.2) is 33.5 Å². The number of hydrogen-bond donors (Lipinski definition) is 0. The summed E-state index contributed by atoms with van der Waals surface area (Å²) in [6.07, 6.45) is 0. The number of nitrogens with zero attached hydrogens (tertiary/aromatic N) is 1. The molecule has 1 aromatic heterocycles. The van der Waals surface area contributed by atoms with Crippen molar-refractivity contribution >= 4 is 38.5 Å². The molecule has 1 radical (unpaired) electrons. The van der Waals surface area contributed by atoms with Crippen LogP contribution in [0.1, 0.15) is 0 Å². The number of halogens is 3. The summed E-state index contributed by atoms with van der Waals surface area (Å²) < 4.78 is 16.3. The fourth-order valence-corrected chi connectivity index (χ4v) is 2.56. The largest absolute Gasteiger partial charge is 0.344 e. The molecule has 18 heavy (non-hydrogen) atoms. The van der Waals surface area contributed by atoms with Gasteiger partial charge in [-0.3, -0.25) is 4.79 Å². The van der Waals surface area contributed by atoms with Crippen LogP contribution in [0.3, 0.4) is 0 Å². The Kier molecular flexibility index (Phi) is 6.15. The van der Waals surface area contributed by atoms with Crippen LogP contribution in [0, 0.1) is 15.5 Å². The first-order chi connectivity index (χ1) is 8.02. The molecule has 0 aliphatic rings. The predicted octanol–water partition coefficient (Wildman–Crippen LogP) is 3.36. The number of pyridine rings is 1. The second-order valence-electron chi connectivity index (χ2n) is 3.45. The van der Waals surface area contributed by atoms with E-state index >= 15 is 0 Å². The van der Waals surface area contributed by atoms with Gasteiger partial charge >= 0.3 is 0 Å². The predicted molar refractivity (Wildman–Crippen MR) is 76.3 cm³/mol. The van der Waals surface area contributed by atoms with E-state index in [0.717, 1.165) is 0 Å². The van der Waals surface area contributed by atoms with Gasteiger partial charge in [0.25, 0.3) is 0 Å². The van der Waals surface area contributed by atoms with Crippen LogP contribution in [0.4, 0.5) is 4.39 Å². The van der Waals surface area contributed by atoms with Crippen LogP contribution in [0.25, 0.3) is 11.3 Å². The molecular formula is C12H7BrFINOY-. The van der Waals surface area contributed by atoms with Gasteiger partial charge in [-0.15, -0.1) is 22.6 Å². The van der Waals surface area contributed by atoms with Crippen molar-refractivity contribution in [2.24, 2.45) is 7.05 Å². The average Bonchev–Trinajstić information content (AvgIpc) is 2.29. The Bertz CT molecular complexity index is 624. The topological polar surface area (TPSA) is 22.0 Å². The number of benzene rings is 1. The van der Waals surface area contributed by atoms with Crippen molar-refractivity contribution in [2.75, 3.05) is 0 Å². The van der Waals surface area contributed by atoms with Crippen molar-refractivity contribution in [3.05, 3.63) is 54.5 Å².